The van der Waals surface area contributed by atoms with Crippen LogP contribution < -0.4 is 5.32 Å². The van der Waals surface area contributed by atoms with Crippen molar-refractivity contribution in [1.29, 1.82) is 0 Å². The highest BCUT2D eigenvalue weighted by Gasteiger charge is 2.21. The van der Waals surface area contributed by atoms with Gasteiger partial charge in [0.1, 0.15) is 0 Å². The lowest BCUT2D eigenvalue weighted by atomic mass is 9.95. The average molecular weight is 406 g/mol. The molecule has 5 rings (SSSR count). The van der Waals surface area contributed by atoms with Gasteiger partial charge in [-0.2, -0.15) is 0 Å². The highest BCUT2D eigenvalue weighted by atomic mass is 16.6. The molecule has 0 unspecified atom stereocenters. The topological polar surface area (TPSA) is 72.2 Å². The Balaban J connectivity index is 1.37. The van der Waals surface area contributed by atoms with Gasteiger partial charge < -0.3 is 5.32 Å². The van der Waals surface area contributed by atoms with Crippen molar-refractivity contribution in [2.75, 3.05) is 5.32 Å². The molecule has 5 nitrogen and oxygen atoms in total. The molecule has 0 saturated heterocycles. The Morgan fingerprint density at radius 2 is 1.45 bits per heavy atom. The summed E-state index contributed by atoms with van der Waals surface area (Å²) in [5.74, 6) is -0.307. The number of carbonyl (C=O) groups excluding carboxylic acids is 1. The SMILES string of the molecule is O=C(Nc1ccc(-c2cccc3c2Cc2ccccc2-3)cc1)c1ccc([N+](=O)[O-])cc1. The molecule has 1 aliphatic carbocycles. The molecule has 0 bridgehead atoms. The number of benzene rings is 4. The van der Waals surface area contributed by atoms with Crippen LogP contribution in [0.3, 0.4) is 0 Å². The van der Waals surface area contributed by atoms with Gasteiger partial charge in [-0.05, 0) is 64.1 Å². The smallest absolute Gasteiger partial charge is 0.269 e. The number of nitro groups is 1. The number of hydrogen-bond acceptors (Lipinski definition) is 3. The van der Waals surface area contributed by atoms with E-state index < -0.39 is 4.92 Å². The van der Waals surface area contributed by atoms with Crippen LogP contribution in [0.5, 0.6) is 0 Å². The van der Waals surface area contributed by atoms with Gasteiger partial charge in [-0.1, -0.05) is 54.6 Å². The zero-order valence-electron chi connectivity index (χ0n) is 16.5. The molecule has 150 valence electrons. The largest absolute Gasteiger partial charge is 0.322 e. The summed E-state index contributed by atoms with van der Waals surface area (Å²) in [7, 11) is 0. The first-order valence-electron chi connectivity index (χ1n) is 9.96. The summed E-state index contributed by atoms with van der Waals surface area (Å²) in [4.78, 5) is 22.7. The van der Waals surface area contributed by atoms with Crippen molar-refractivity contribution in [3.05, 3.63) is 118 Å². The number of nitrogens with one attached hydrogen (secondary N) is 1. The number of hydrogen-bond donors (Lipinski definition) is 1. The van der Waals surface area contributed by atoms with Gasteiger partial charge in [0.25, 0.3) is 11.6 Å². The quantitative estimate of drug-likeness (QED) is 0.290. The van der Waals surface area contributed by atoms with Crippen LogP contribution in [0.15, 0.2) is 91.0 Å². The van der Waals surface area contributed by atoms with E-state index in [1.54, 1.807) is 0 Å². The van der Waals surface area contributed by atoms with Crippen LogP contribution in [0.25, 0.3) is 22.3 Å². The maximum absolute atomic E-state index is 12.4. The molecule has 1 aliphatic rings. The molecule has 0 spiro atoms. The lowest BCUT2D eigenvalue weighted by Crippen LogP contribution is -2.11. The minimum absolute atomic E-state index is 0.0431. The van der Waals surface area contributed by atoms with Crippen molar-refractivity contribution in [2.24, 2.45) is 0 Å². The van der Waals surface area contributed by atoms with Gasteiger partial charge in [0.05, 0.1) is 4.92 Å². The summed E-state index contributed by atoms with van der Waals surface area (Å²) < 4.78 is 0. The molecule has 5 heteroatoms. The second-order valence-electron chi connectivity index (χ2n) is 7.50. The fourth-order valence-corrected chi connectivity index (χ4v) is 4.10. The van der Waals surface area contributed by atoms with Gasteiger partial charge in [0.15, 0.2) is 0 Å². The normalized spacial score (nSPS) is 11.5. The number of nitro benzene ring substituents is 1. The predicted molar refractivity (Wildman–Crippen MR) is 121 cm³/mol. The Morgan fingerprint density at radius 3 is 2.19 bits per heavy atom. The third-order valence-corrected chi connectivity index (χ3v) is 5.64. The molecule has 31 heavy (non-hydrogen) atoms. The minimum atomic E-state index is -0.487. The van der Waals surface area contributed by atoms with Gasteiger partial charge in [-0.15, -0.1) is 0 Å². The minimum Gasteiger partial charge on any atom is -0.322 e. The van der Waals surface area contributed by atoms with Gasteiger partial charge in [0, 0.05) is 23.4 Å². The van der Waals surface area contributed by atoms with Crippen molar-refractivity contribution in [2.45, 2.75) is 6.42 Å². The summed E-state index contributed by atoms with van der Waals surface area (Å²) in [6.07, 6.45) is 0.917. The van der Waals surface area contributed by atoms with Crippen LogP contribution in [0.1, 0.15) is 21.5 Å². The summed E-state index contributed by atoms with van der Waals surface area (Å²) in [6.45, 7) is 0. The van der Waals surface area contributed by atoms with Gasteiger partial charge in [-0.25, -0.2) is 0 Å². The second kappa shape index (κ2) is 7.54. The summed E-state index contributed by atoms with van der Waals surface area (Å²) in [5, 5.41) is 13.6. The lowest BCUT2D eigenvalue weighted by molar-refractivity contribution is -0.384. The number of fused-ring (bicyclic) bond motifs is 3. The Labute approximate surface area is 179 Å². The van der Waals surface area contributed by atoms with Gasteiger partial charge in [0.2, 0.25) is 0 Å². The first-order valence-corrected chi connectivity index (χ1v) is 9.96. The van der Waals surface area contributed by atoms with E-state index in [2.05, 4.69) is 47.8 Å². The van der Waals surface area contributed by atoms with E-state index in [0.717, 1.165) is 12.0 Å². The molecule has 0 heterocycles. The first kappa shape index (κ1) is 18.8. The Bertz CT molecular complexity index is 1310. The van der Waals surface area contributed by atoms with Crippen molar-refractivity contribution >= 4 is 17.3 Å². The van der Waals surface area contributed by atoms with Gasteiger partial charge in [-0.3, -0.25) is 14.9 Å². The summed E-state index contributed by atoms with van der Waals surface area (Å²) in [6, 6.07) is 28.2. The highest BCUT2D eigenvalue weighted by Crippen LogP contribution is 2.41. The number of amides is 1. The van der Waals surface area contributed by atoms with Crippen LogP contribution in [-0.4, -0.2) is 10.8 Å². The van der Waals surface area contributed by atoms with Gasteiger partial charge >= 0.3 is 0 Å². The molecule has 0 aromatic heterocycles. The molecule has 4 aromatic rings. The standard InChI is InChI=1S/C26H18N2O3/c29-26(18-10-14-21(15-11-18)28(30)31)27-20-12-8-17(9-13-20)22-6-3-7-24-23-5-2-1-4-19(23)16-25(22)24/h1-15H,16H2,(H,27,29). The molecule has 0 fully saturated rings. The third kappa shape index (κ3) is 3.46. The van der Waals surface area contributed by atoms with Crippen LogP contribution in [-0.2, 0) is 6.42 Å². The molecule has 1 amide bonds. The maximum Gasteiger partial charge on any atom is 0.269 e. The number of carbonyl (C=O) groups is 1. The van der Waals surface area contributed by atoms with Crippen molar-refractivity contribution < 1.29 is 9.72 Å². The number of rotatable bonds is 4. The molecule has 0 saturated carbocycles. The van der Waals surface area contributed by atoms with E-state index in [-0.39, 0.29) is 11.6 Å². The second-order valence-corrected chi connectivity index (χ2v) is 7.50. The lowest BCUT2D eigenvalue weighted by Gasteiger charge is -2.10. The number of nitrogens with zero attached hydrogens (tertiary/aromatic N) is 1. The Hall–Kier alpha value is -4.25. The van der Waals surface area contributed by atoms with E-state index in [4.69, 9.17) is 0 Å². The maximum atomic E-state index is 12.4. The first-order chi connectivity index (χ1) is 15.1. The molecule has 0 atom stereocenters. The summed E-state index contributed by atoms with van der Waals surface area (Å²) in [5.41, 5.74) is 8.54. The van der Waals surface area contributed by atoms with E-state index in [1.165, 1.54) is 52.1 Å². The van der Waals surface area contributed by atoms with Crippen molar-refractivity contribution in [1.82, 2.24) is 0 Å². The van der Waals surface area contributed by atoms with E-state index >= 15 is 0 Å². The summed E-state index contributed by atoms with van der Waals surface area (Å²) >= 11 is 0. The molecular formula is C26H18N2O3. The zero-order chi connectivity index (χ0) is 21.4. The van der Waals surface area contributed by atoms with Crippen LogP contribution >= 0.6 is 0 Å². The highest BCUT2D eigenvalue weighted by molar-refractivity contribution is 6.04. The Kier molecular flexibility index (Phi) is 4.56. The van der Waals surface area contributed by atoms with E-state index in [1.807, 2.05) is 24.3 Å². The zero-order valence-corrected chi connectivity index (χ0v) is 16.5. The van der Waals surface area contributed by atoms with E-state index in [9.17, 15) is 14.9 Å². The Morgan fingerprint density at radius 1 is 0.774 bits per heavy atom. The van der Waals surface area contributed by atoms with Crippen LogP contribution in [0, 0.1) is 10.1 Å². The molecule has 1 N–H and O–H groups in total. The molecule has 0 radical (unpaired) electrons. The van der Waals surface area contributed by atoms with Crippen molar-refractivity contribution in [3.63, 3.8) is 0 Å². The fourth-order valence-electron chi connectivity index (χ4n) is 4.10. The fraction of sp³-hybridized carbons (Fsp3) is 0.0385. The molecular weight excluding hydrogens is 388 g/mol. The van der Waals surface area contributed by atoms with Crippen LogP contribution in [0.4, 0.5) is 11.4 Å². The number of anilines is 1. The van der Waals surface area contributed by atoms with Crippen LogP contribution in [0.2, 0.25) is 0 Å². The average Bonchev–Trinajstić information content (AvgIpc) is 3.18. The number of non-ortho nitro benzene ring substituents is 1. The van der Waals surface area contributed by atoms with Crippen molar-refractivity contribution in [3.8, 4) is 22.3 Å². The van der Waals surface area contributed by atoms with E-state index in [0.29, 0.717) is 11.3 Å². The monoisotopic (exact) mass is 406 g/mol. The predicted octanol–water partition coefficient (Wildman–Crippen LogP) is 6.09. The molecule has 0 aliphatic heterocycles. The molecule has 4 aromatic carbocycles. The third-order valence-electron chi connectivity index (χ3n) is 5.64.